The first-order valence-corrected chi connectivity index (χ1v) is 6.01. The lowest BCUT2D eigenvalue weighted by Gasteiger charge is -2.21. The molecule has 0 aliphatic carbocycles. The van der Waals surface area contributed by atoms with E-state index in [-0.39, 0.29) is 0 Å². The van der Waals surface area contributed by atoms with Crippen molar-refractivity contribution in [2.24, 2.45) is 0 Å². The van der Waals surface area contributed by atoms with Gasteiger partial charge < -0.3 is 10.4 Å². The molecule has 1 aliphatic heterocycles. The first-order valence-electron chi connectivity index (χ1n) is 5.21. The minimum absolute atomic E-state index is 0.414. The summed E-state index contributed by atoms with van der Waals surface area (Å²) < 4.78 is 1.10. The van der Waals surface area contributed by atoms with Crippen molar-refractivity contribution < 1.29 is 5.11 Å². The van der Waals surface area contributed by atoms with Crippen LogP contribution in [0.2, 0.25) is 0 Å². The maximum Gasteiger partial charge on any atom is 0.0598 e. The van der Waals surface area contributed by atoms with E-state index in [9.17, 15) is 5.11 Å². The molecule has 0 aromatic heterocycles. The van der Waals surface area contributed by atoms with Crippen molar-refractivity contribution in [3.63, 3.8) is 0 Å². The monoisotopic (exact) mass is 269 g/mol. The molecule has 0 saturated carbocycles. The first kappa shape index (κ1) is 11.0. The Balaban J connectivity index is 2.24. The topological polar surface area (TPSA) is 32.3 Å². The number of halogens is 1. The van der Waals surface area contributed by atoms with Crippen LogP contribution < -0.4 is 5.32 Å². The summed E-state index contributed by atoms with van der Waals surface area (Å²) in [5, 5.41) is 13.2. The molecular formula is C12H16BrNO. The highest BCUT2D eigenvalue weighted by Gasteiger charge is 2.27. The minimum atomic E-state index is -0.601. The average Bonchev–Trinajstić information content (AvgIpc) is 2.46. The number of aliphatic hydroxyl groups is 1. The molecule has 0 amide bonds. The average molecular weight is 270 g/mol. The Labute approximate surface area is 98.8 Å². The van der Waals surface area contributed by atoms with E-state index in [4.69, 9.17) is 0 Å². The number of nitrogens with one attached hydrogen (secondary N) is 1. The Morgan fingerprint density at radius 1 is 1.53 bits per heavy atom. The van der Waals surface area contributed by atoms with Crippen molar-refractivity contribution in [3.05, 3.63) is 28.2 Å². The van der Waals surface area contributed by atoms with Gasteiger partial charge in [0.15, 0.2) is 0 Å². The van der Waals surface area contributed by atoms with Crippen LogP contribution in [-0.2, 0) is 0 Å². The third-order valence-corrected chi connectivity index (χ3v) is 3.23. The number of hydrogen-bond acceptors (Lipinski definition) is 2. The summed E-state index contributed by atoms with van der Waals surface area (Å²) in [5.41, 5.74) is 1.91. The van der Waals surface area contributed by atoms with Crippen molar-refractivity contribution in [2.45, 2.75) is 31.8 Å². The number of rotatable bonds is 2. The second-order valence-electron chi connectivity index (χ2n) is 4.83. The van der Waals surface area contributed by atoms with Crippen LogP contribution in [0.1, 0.15) is 31.7 Å². The minimum Gasteiger partial charge on any atom is -0.390 e. The van der Waals surface area contributed by atoms with E-state index in [1.54, 1.807) is 0 Å². The summed E-state index contributed by atoms with van der Waals surface area (Å²) in [5.74, 6) is 0.414. The van der Waals surface area contributed by atoms with Crippen LogP contribution >= 0.6 is 15.9 Å². The van der Waals surface area contributed by atoms with Crippen molar-refractivity contribution in [1.29, 1.82) is 0 Å². The maximum absolute atomic E-state index is 9.83. The zero-order chi connectivity index (χ0) is 11.1. The van der Waals surface area contributed by atoms with Crippen LogP contribution in [0.25, 0.3) is 0 Å². The first-order chi connectivity index (χ1) is 6.96. The normalized spacial score (nSPS) is 19.9. The fourth-order valence-electron chi connectivity index (χ4n) is 2.16. The molecule has 0 radical (unpaired) electrons. The van der Waals surface area contributed by atoms with Crippen molar-refractivity contribution in [1.82, 2.24) is 0 Å². The van der Waals surface area contributed by atoms with Crippen LogP contribution in [0.5, 0.6) is 0 Å². The number of benzene rings is 1. The predicted molar refractivity (Wildman–Crippen MR) is 66.3 cm³/mol. The molecule has 1 atom stereocenters. The van der Waals surface area contributed by atoms with Crippen LogP contribution in [-0.4, -0.2) is 17.3 Å². The van der Waals surface area contributed by atoms with Crippen LogP contribution in [0.4, 0.5) is 5.69 Å². The summed E-state index contributed by atoms with van der Waals surface area (Å²) in [6.45, 7) is 4.65. The van der Waals surface area contributed by atoms with Crippen molar-refractivity contribution in [2.75, 3.05) is 11.9 Å². The van der Waals surface area contributed by atoms with Crippen molar-refractivity contribution in [3.8, 4) is 0 Å². The Morgan fingerprint density at radius 3 is 2.93 bits per heavy atom. The van der Waals surface area contributed by atoms with Crippen LogP contribution in [0, 0.1) is 0 Å². The van der Waals surface area contributed by atoms with Gasteiger partial charge in [0, 0.05) is 22.6 Å². The van der Waals surface area contributed by atoms with Crippen LogP contribution in [0.15, 0.2) is 22.7 Å². The molecule has 3 heteroatoms. The van der Waals surface area contributed by atoms with Gasteiger partial charge in [-0.25, -0.2) is 0 Å². The third kappa shape index (κ3) is 2.52. The summed E-state index contributed by atoms with van der Waals surface area (Å²) in [4.78, 5) is 0. The fourth-order valence-corrected chi connectivity index (χ4v) is 2.54. The largest absolute Gasteiger partial charge is 0.390 e. The van der Waals surface area contributed by atoms with Gasteiger partial charge in [0.1, 0.15) is 0 Å². The third-order valence-electron chi connectivity index (χ3n) is 2.74. The molecular weight excluding hydrogens is 254 g/mol. The number of fused-ring (bicyclic) bond motifs is 1. The molecule has 0 bridgehead atoms. The lowest BCUT2D eigenvalue weighted by Crippen LogP contribution is -2.23. The van der Waals surface area contributed by atoms with Gasteiger partial charge in [-0.2, -0.15) is 0 Å². The highest BCUT2D eigenvalue weighted by molar-refractivity contribution is 9.10. The molecule has 0 saturated heterocycles. The summed E-state index contributed by atoms with van der Waals surface area (Å²) in [6.07, 6.45) is 0.795. The van der Waals surface area contributed by atoms with Gasteiger partial charge in [0.2, 0.25) is 0 Å². The number of hydrogen-bond donors (Lipinski definition) is 2. The van der Waals surface area contributed by atoms with E-state index in [1.165, 1.54) is 11.3 Å². The molecule has 1 aliphatic rings. The van der Waals surface area contributed by atoms with E-state index in [0.29, 0.717) is 5.92 Å². The molecule has 2 nitrogen and oxygen atoms in total. The van der Waals surface area contributed by atoms with E-state index >= 15 is 0 Å². The van der Waals surface area contributed by atoms with E-state index in [2.05, 4.69) is 33.4 Å². The quantitative estimate of drug-likeness (QED) is 0.865. The van der Waals surface area contributed by atoms with E-state index < -0.39 is 5.60 Å². The molecule has 15 heavy (non-hydrogen) atoms. The highest BCUT2D eigenvalue weighted by atomic mass is 79.9. The molecule has 0 fully saturated rings. The number of anilines is 1. The molecule has 82 valence electrons. The zero-order valence-corrected chi connectivity index (χ0v) is 10.6. The summed E-state index contributed by atoms with van der Waals surface area (Å²) in [7, 11) is 0. The molecule has 2 N–H and O–H groups in total. The maximum atomic E-state index is 9.83. The highest BCUT2D eigenvalue weighted by Crippen LogP contribution is 2.37. The molecule has 1 heterocycles. The van der Waals surface area contributed by atoms with Crippen LogP contribution in [0.3, 0.4) is 0 Å². The van der Waals surface area contributed by atoms with Gasteiger partial charge in [0.05, 0.1) is 5.60 Å². The van der Waals surface area contributed by atoms with Gasteiger partial charge in [0.25, 0.3) is 0 Å². The summed E-state index contributed by atoms with van der Waals surface area (Å²) >= 11 is 3.48. The molecule has 1 unspecified atom stereocenters. The lowest BCUT2D eigenvalue weighted by molar-refractivity contribution is 0.0648. The Kier molecular flexibility index (Phi) is 2.77. The SMILES string of the molecule is CC(C)(O)CC1CNc2ccc(Br)cc21. The smallest absolute Gasteiger partial charge is 0.0598 e. The standard InChI is InChI=1S/C12H16BrNO/c1-12(2,15)6-8-7-14-11-4-3-9(13)5-10(8)11/h3-5,8,14-15H,6-7H2,1-2H3. The summed E-state index contributed by atoms with van der Waals surface area (Å²) in [6, 6.07) is 6.27. The van der Waals surface area contributed by atoms with E-state index in [0.717, 1.165) is 17.4 Å². The fraction of sp³-hybridized carbons (Fsp3) is 0.500. The molecule has 1 aromatic rings. The predicted octanol–water partition coefficient (Wildman–Crippen LogP) is 3.12. The zero-order valence-electron chi connectivity index (χ0n) is 9.05. The van der Waals surface area contributed by atoms with E-state index in [1.807, 2.05) is 19.9 Å². The molecule has 1 aromatic carbocycles. The molecule has 2 rings (SSSR count). The van der Waals surface area contributed by atoms with Gasteiger partial charge in [-0.05, 0) is 44.0 Å². The molecule has 0 spiro atoms. The second-order valence-corrected chi connectivity index (χ2v) is 5.74. The van der Waals surface area contributed by atoms with Crippen molar-refractivity contribution >= 4 is 21.6 Å². The Hall–Kier alpha value is -0.540. The van der Waals surface area contributed by atoms with Gasteiger partial charge in [-0.1, -0.05) is 15.9 Å². The van der Waals surface area contributed by atoms with Gasteiger partial charge in [-0.15, -0.1) is 0 Å². The lowest BCUT2D eigenvalue weighted by atomic mass is 9.89. The Morgan fingerprint density at radius 2 is 2.27 bits per heavy atom. The second kappa shape index (κ2) is 3.80. The Bertz CT molecular complexity index is 370. The van der Waals surface area contributed by atoms with Gasteiger partial charge >= 0.3 is 0 Å². The van der Waals surface area contributed by atoms with Gasteiger partial charge in [-0.3, -0.25) is 0 Å².